The van der Waals surface area contributed by atoms with Crippen molar-refractivity contribution in [1.82, 2.24) is 0 Å². The number of aliphatic hydroxyl groups is 1. The van der Waals surface area contributed by atoms with Gasteiger partial charge in [0, 0.05) is 12.5 Å². The zero-order chi connectivity index (χ0) is 12.3. The molecule has 16 heavy (non-hydrogen) atoms. The monoisotopic (exact) mass is 224 g/mol. The Labute approximate surface area is 97.0 Å². The van der Waals surface area contributed by atoms with Crippen LogP contribution in [-0.2, 0) is 0 Å². The summed E-state index contributed by atoms with van der Waals surface area (Å²) in [5.74, 6) is 1.64. The van der Waals surface area contributed by atoms with E-state index in [1.54, 1.807) is 14.2 Å². The largest absolute Gasteiger partial charge is 0.493 e. The average molecular weight is 224 g/mol. The predicted octanol–water partition coefficient (Wildman–Crippen LogP) is 2.42. The first kappa shape index (κ1) is 12.8. The van der Waals surface area contributed by atoms with Crippen molar-refractivity contribution < 1.29 is 14.6 Å². The molecule has 3 nitrogen and oxygen atoms in total. The van der Waals surface area contributed by atoms with Crippen molar-refractivity contribution in [2.75, 3.05) is 20.8 Å². The molecular weight excluding hydrogens is 204 g/mol. The molecule has 0 aliphatic heterocycles. The maximum absolute atomic E-state index is 9.22. The fourth-order valence-electron chi connectivity index (χ4n) is 2.00. The standard InChI is InChI=1S/C13H20O3/c1-8-6-11(9(2)7-14)10(3)13(16-5)12(8)15-4/h6,9,14H,7H2,1-5H3. The third-order valence-corrected chi connectivity index (χ3v) is 2.92. The van der Waals surface area contributed by atoms with E-state index in [2.05, 4.69) is 6.07 Å². The second kappa shape index (κ2) is 5.21. The molecule has 1 atom stereocenters. The summed E-state index contributed by atoms with van der Waals surface area (Å²) in [7, 11) is 3.27. The van der Waals surface area contributed by atoms with Gasteiger partial charge in [-0.25, -0.2) is 0 Å². The molecule has 90 valence electrons. The van der Waals surface area contributed by atoms with Crippen molar-refractivity contribution >= 4 is 0 Å². The number of ether oxygens (including phenoxy) is 2. The lowest BCUT2D eigenvalue weighted by Crippen LogP contribution is -2.05. The van der Waals surface area contributed by atoms with Gasteiger partial charge in [0.15, 0.2) is 11.5 Å². The normalized spacial score (nSPS) is 12.4. The minimum Gasteiger partial charge on any atom is -0.493 e. The Morgan fingerprint density at radius 3 is 2.19 bits per heavy atom. The Hall–Kier alpha value is -1.22. The summed E-state index contributed by atoms with van der Waals surface area (Å²) in [6.07, 6.45) is 0. The van der Waals surface area contributed by atoms with E-state index in [-0.39, 0.29) is 12.5 Å². The number of hydrogen-bond acceptors (Lipinski definition) is 3. The van der Waals surface area contributed by atoms with Crippen molar-refractivity contribution in [3.05, 3.63) is 22.8 Å². The average Bonchev–Trinajstić information content (AvgIpc) is 2.29. The number of hydrogen-bond donors (Lipinski definition) is 1. The van der Waals surface area contributed by atoms with Gasteiger partial charge >= 0.3 is 0 Å². The van der Waals surface area contributed by atoms with E-state index in [1.807, 2.05) is 20.8 Å². The Bertz CT molecular complexity index is 372. The van der Waals surface area contributed by atoms with Gasteiger partial charge in [0.05, 0.1) is 14.2 Å². The summed E-state index contributed by atoms with van der Waals surface area (Å²) >= 11 is 0. The molecular formula is C13H20O3. The quantitative estimate of drug-likeness (QED) is 0.853. The first-order valence-electron chi connectivity index (χ1n) is 5.39. The molecule has 1 rings (SSSR count). The molecule has 0 saturated heterocycles. The first-order valence-corrected chi connectivity index (χ1v) is 5.39. The fourth-order valence-corrected chi connectivity index (χ4v) is 2.00. The molecule has 0 saturated carbocycles. The molecule has 1 aromatic rings. The van der Waals surface area contributed by atoms with E-state index in [9.17, 15) is 5.11 Å². The van der Waals surface area contributed by atoms with Crippen LogP contribution in [0.4, 0.5) is 0 Å². The number of benzene rings is 1. The molecule has 0 radical (unpaired) electrons. The third kappa shape index (κ3) is 2.14. The molecule has 0 fully saturated rings. The lowest BCUT2D eigenvalue weighted by molar-refractivity contribution is 0.272. The van der Waals surface area contributed by atoms with Crippen LogP contribution < -0.4 is 9.47 Å². The van der Waals surface area contributed by atoms with E-state index in [4.69, 9.17) is 9.47 Å². The molecule has 0 spiro atoms. The van der Waals surface area contributed by atoms with Crippen LogP contribution in [0.5, 0.6) is 11.5 Å². The molecule has 0 heterocycles. The van der Waals surface area contributed by atoms with Crippen LogP contribution in [0, 0.1) is 13.8 Å². The van der Waals surface area contributed by atoms with Gasteiger partial charge in [0.2, 0.25) is 0 Å². The van der Waals surface area contributed by atoms with Gasteiger partial charge in [-0.3, -0.25) is 0 Å². The molecule has 0 aliphatic carbocycles. The van der Waals surface area contributed by atoms with Crippen LogP contribution in [-0.4, -0.2) is 25.9 Å². The van der Waals surface area contributed by atoms with Crippen LogP contribution in [0.1, 0.15) is 29.5 Å². The van der Waals surface area contributed by atoms with Gasteiger partial charge in [-0.2, -0.15) is 0 Å². The van der Waals surface area contributed by atoms with E-state index in [0.29, 0.717) is 0 Å². The van der Waals surface area contributed by atoms with Crippen molar-refractivity contribution in [3.63, 3.8) is 0 Å². The molecule has 0 aromatic heterocycles. The Morgan fingerprint density at radius 2 is 1.75 bits per heavy atom. The Morgan fingerprint density at radius 1 is 1.19 bits per heavy atom. The first-order chi connectivity index (χ1) is 7.56. The summed E-state index contributed by atoms with van der Waals surface area (Å²) in [6.45, 7) is 6.10. The van der Waals surface area contributed by atoms with Gasteiger partial charge in [0.25, 0.3) is 0 Å². The summed E-state index contributed by atoms with van der Waals surface area (Å²) < 4.78 is 10.7. The lowest BCUT2D eigenvalue weighted by atomic mass is 9.94. The van der Waals surface area contributed by atoms with Crippen LogP contribution in [0.3, 0.4) is 0 Å². The molecule has 0 bridgehead atoms. The maximum atomic E-state index is 9.22. The Balaban J connectivity index is 3.39. The number of aryl methyl sites for hydroxylation is 1. The highest BCUT2D eigenvalue weighted by molar-refractivity contribution is 5.55. The number of methoxy groups -OCH3 is 2. The van der Waals surface area contributed by atoms with Crippen molar-refractivity contribution in [3.8, 4) is 11.5 Å². The summed E-state index contributed by atoms with van der Waals surface area (Å²) in [6, 6.07) is 2.05. The molecule has 3 heteroatoms. The van der Waals surface area contributed by atoms with Gasteiger partial charge in [-0.05, 0) is 30.5 Å². The number of aliphatic hydroxyl groups excluding tert-OH is 1. The zero-order valence-electron chi connectivity index (χ0n) is 10.6. The van der Waals surface area contributed by atoms with Crippen molar-refractivity contribution in [2.24, 2.45) is 0 Å². The molecule has 0 aliphatic rings. The highest BCUT2D eigenvalue weighted by Gasteiger charge is 2.17. The smallest absolute Gasteiger partial charge is 0.164 e. The van der Waals surface area contributed by atoms with E-state index < -0.39 is 0 Å². The molecule has 0 amide bonds. The van der Waals surface area contributed by atoms with Crippen LogP contribution in [0.15, 0.2) is 6.07 Å². The van der Waals surface area contributed by atoms with Gasteiger partial charge < -0.3 is 14.6 Å². The van der Waals surface area contributed by atoms with Crippen molar-refractivity contribution in [2.45, 2.75) is 26.7 Å². The SMILES string of the molecule is COc1c(C)cc(C(C)CO)c(C)c1OC. The van der Waals surface area contributed by atoms with Gasteiger partial charge in [-0.1, -0.05) is 13.0 Å². The minimum atomic E-state index is 0.110. The van der Waals surface area contributed by atoms with Crippen LogP contribution in [0.2, 0.25) is 0 Å². The molecule has 1 aromatic carbocycles. The summed E-state index contributed by atoms with van der Waals surface area (Å²) in [4.78, 5) is 0. The third-order valence-electron chi connectivity index (χ3n) is 2.92. The zero-order valence-corrected chi connectivity index (χ0v) is 10.6. The van der Waals surface area contributed by atoms with E-state index in [1.165, 1.54) is 0 Å². The Kier molecular flexibility index (Phi) is 4.19. The molecule has 1 unspecified atom stereocenters. The fraction of sp³-hybridized carbons (Fsp3) is 0.538. The minimum absolute atomic E-state index is 0.110. The highest BCUT2D eigenvalue weighted by atomic mass is 16.5. The lowest BCUT2D eigenvalue weighted by Gasteiger charge is -2.19. The second-order valence-corrected chi connectivity index (χ2v) is 4.06. The maximum Gasteiger partial charge on any atom is 0.164 e. The molecule has 1 N–H and O–H groups in total. The predicted molar refractivity (Wildman–Crippen MR) is 64.5 cm³/mol. The second-order valence-electron chi connectivity index (χ2n) is 4.06. The van der Waals surface area contributed by atoms with E-state index in [0.717, 1.165) is 28.2 Å². The number of rotatable bonds is 4. The van der Waals surface area contributed by atoms with Crippen LogP contribution >= 0.6 is 0 Å². The highest BCUT2D eigenvalue weighted by Crippen LogP contribution is 2.38. The topological polar surface area (TPSA) is 38.7 Å². The summed E-state index contributed by atoms with van der Waals surface area (Å²) in [5.41, 5.74) is 3.17. The van der Waals surface area contributed by atoms with Gasteiger partial charge in [-0.15, -0.1) is 0 Å². The van der Waals surface area contributed by atoms with E-state index >= 15 is 0 Å². The summed E-state index contributed by atoms with van der Waals surface area (Å²) in [5, 5.41) is 9.22. The van der Waals surface area contributed by atoms with Crippen molar-refractivity contribution in [1.29, 1.82) is 0 Å². The van der Waals surface area contributed by atoms with Crippen LogP contribution in [0.25, 0.3) is 0 Å². The van der Waals surface area contributed by atoms with Gasteiger partial charge in [0.1, 0.15) is 0 Å².